The largest absolute Gasteiger partial charge is 0.439 e. The average molecular weight is 373 g/mol. The predicted octanol–water partition coefficient (Wildman–Crippen LogP) is 2.16. The summed E-state index contributed by atoms with van der Waals surface area (Å²) in [5.74, 6) is -0.158. The van der Waals surface area contributed by atoms with Crippen molar-refractivity contribution >= 4 is 21.4 Å². The van der Waals surface area contributed by atoms with Crippen LogP contribution in [0.4, 0.5) is 5.69 Å². The fourth-order valence-electron chi connectivity index (χ4n) is 2.08. The molecule has 0 bridgehead atoms. The van der Waals surface area contributed by atoms with Crippen molar-refractivity contribution < 1.29 is 22.4 Å². The Morgan fingerprint density at radius 1 is 1.08 bits per heavy atom. The second-order valence-corrected chi connectivity index (χ2v) is 7.39. The van der Waals surface area contributed by atoms with Crippen molar-refractivity contribution in [2.45, 2.75) is 4.90 Å². The maximum Gasteiger partial charge on any atom is 0.415 e. The number of carbonyl (C=O) groups excluding carboxylic acids is 1. The van der Waals surface area contributed by atoms with Crippen molar-refractivity contribution in [1.29, 1.82) is 0 Å². The third kappa shape index (κ3) is 4.45. The molecule has 3 rings (SSSR count). The van der Waals surface area contributed by atoms with Crippen LogP contribution >= 0.6 is 0 Å². The van der Waals surface area contributed by atoms with E-state index in [1.807, 2.05) is 30.3 Å². The number of amides is 1. The van der Waals surface area contributed by atoms with Crippen molar-refractivity contribution in [3.63, 3.8) is 0 Å². The Hall–Kier alpha value is -3.20. The minimum atomic E-state index is -3.28. The molecule has 1 N–H and O–H groups in total. The third-order valence-corrected chi connectivity index (χ3v) is 4.45. The Morgan fingerprint density at radius 2 is 1.77 bits per heavy atom. The molecule has 134 valence electrons. The Balaban J connectivity index is 1.55. The van der Waals surface area contributed by atoms with Gasteiger partial charge in [0, 0.05) is 17.5 Å². The van der Waals surface area contributed by atoms with Gasteiger partial charge in [-0.2, -0.15) is 0 Å². The highest BCUT2D eigenvalue weighted by atomic mass is 32.2. The first-order valence-electron chi connectivity index (χ1n) is 7.53. The van der Waals surface area contributed by atoms with E-state index in [9.17, 15) is 13.2 Å². The molecule has 0 spiro atoms. The summed E-state index contributed by atoms with van der Waals surface area (Å²) in [7, 11) is -3.28. The Kier molecular flexibility index (Phi) is 4.99. The van der Waals surface area contributed by atoms with Gasteiger partial charge in [-0.15, -0.1) is 5.10 Å². The van der Waals surface area contributed by atoms with Crippen LogP contribution in [0.25, 0.3) is 11.5 Å². The Bertz CT molecular complexity index is 998. The number of hydrogen-bond donors (Lipinski definition) is 1. The van der Waals surface area contributed by atoms with Crippen LogP contribution in [0, 0.1) is 0 Å². The van der Waals surface area contributed by atoms with Gasteiger partial charge in [-0.1, -0.05) is 23.3 Å². The van der Waals surface area contributed by atoms with Gasteiger partial charge < -0.3 is 14.5 Å². The first-order valence-corrected chi connectivity index (χ1v) is 9.43. The molecule has 8 nitrogen and oxygen atoms in total. The molecule has 0 radical (unpaired) electrons. The van der Waals surface area contributed by atoms with E-state index in [2.05, 4.69) is 15.5 Å². The lowest BCUT2D eigenvalue weighted by Gasteiger charge is -2.05. The van der Waals surface area contributed by atoms with Crippen LogP contribution in [0.3, 0.4) is 0 Å². The normalized spacial score (nSPS) is 11.1. The molecule has 0 unspecified atom stereocenters. The number of hydrogen-bond acceptors (Lipinski definition) is 7. The van der Waals surface area contributed by atoms with E-state index in [0.717, 1.165) is 11.8 Å². The van der Waals surface area contributed by atoms with Gasteiger partial charge in [0.05, 0.1) is 4.90 Å². The number of nitrogens with zero attached hydrogens (tertiary/aromatic N) is 2. The van der Waals surface area contributed by atoms with Gasteiger partial charge in [0.1, 0.15) is 0 Å². The molecule has 9 heteroatoms. The van der Waals surface area contributed by atoms with E-state index >= 15 is 0 Å². The molecule has 0 saturated heterocycles. The fraction of sp³-hybridized carbons (Fsp3) is 0.118. The topological polar surface area (TPSA) is 111 Å². The van der Waals surface area contributed by atoms with Crippen LogP contribution in [-0.2, 0) is 14.6 Å². The number of ether oxygens (including phenoxy) is 1. The van der Waals surface area contributed by atoms with E-state index in [-0.39, 0.29) is 23.5 Å². The first-order chi connectivity index (χ1) is 12.4. The van der Waals surface area contributed by atoms with Crippen LogP contribution in [0.2, 0.25) is 0 Å². The molecule has 26 heavy (non-hydrogen) atoms. The lowest BCUT2D eigenvalue weighted by Crippen LogP contribution is -2.20. The number of rotatable bonds is 6. The second kappa shape index (κ2) is 7.36. The molecule has 2 aromatic carbocycles. The molecule has 1 aromatic heterocycles. The Morgan fingerprint density at radius 3 is 2.42 bits per heavy atom. The van der Waals surface area contributed by atoms with Gasteiger partial charge >= 0.3 is 6.08 Å². The molecule has 1 amide bonds. The van der Waals surface area contributed by atoms with Gasteiger partial charge in [0.25, 0.3) is 11.8 Å². The summed E-state index contributed by atoms with van der Waals surface area (Å²) in [5.41, 5.74) is 1.19. The molecule has 1 heterocycles. The molecule has 0 atom stereocenters. The molecule has 0 aliphatic rings. The zero-order valence-corrected chi connectivity index (χ0v) is 14.6. The summed E-state index contributed by atoms with van der Waals surface area (Å²) in [6.07, 6.45) is 0.995. The summed E-state index contributed by atoms with van der Waals surface area (Å²) >= 11 is 0. The number of carbonyl (C=O) groups is 1. The molecule has 0 aliphatic heterocycles. The summed E-state index contributed by atoms with van der Waals surface area (Å²) in [5, 5.41) is 10.2. The van der Waals surface area contributed by atoms with Crippen molar-refractivity contribution in [1.82, 2.24) is 10.2 Å². The SMILES string of the molecule is CS(=O)(=O)c1ccc(NC(=O)COc2nnc(-c3ccccc3)o2)cc1. The molecule has 0 saturated carbocycles. The molecular formula is C17H15N3O5S. The minimum absolute atomic E-state index is 0.119. The summed E-state index contributed by atoms with van der Waals surface area (Å²) in [6.45, 7) is -0.329. The van der Waals surface area contributed by atoms with Crippen LogP contribution in [0.15, 0.2) is 63.9 Å². The maximum absolute atomic E-state index is 11.9. The van der Waals surface area contributed by atoms with E-state index in [0.29, 0.717) is 5.69 Å². The number of sulfone groups is 1. The minimum Gasteiger partial charge on any atom is -0.439 e. The van der Waals surface area contributed by atoms with Gasteiger partial charge in [-0.05, 0) is 36.4 Å². The second-order valence-electron chi connectivity index (χ2n) is 5.37. The first kappa shape index (κ1) is 17.6. The molecular weight excluding hydrogens is 358 g/mol. The number of anilines is 1. The van der Waals surface area contributed by atoms with Crippen LogP contribution in [0.5, 0.6) is 6.08 Å². The van der Waals surface area contributed by atoms with Crippen LogP contribution in [0.1, 0.15) is 0 Å². The van der Waals surface area contributed by atoms with Gasteiger partial charge in [0.15, 0.2) is 16.4 Å². The number of benzene rings is 2. The maximum atomic E-state index is 11.9. The van der Waals surface area contributed by atoms with Crippen molar-refractivity contribution in [2.24, 2.45) is 0 Å². The van der Waals surface area contributed by atoms with Crippen molar-refractivity contribution in [3.8, 4) is 17.5 Å². The zero-order chi connectivity index (χ0) is 18.6. The third-order valence-electron chi connectivity index (χ3n) is 3.32. The Labute approximate surface area is 149 Å². The summed E-state index contributed by atoms with van der Waals surface area (Å²) in [6, 6.07) is 15.0. The van der Waals surface area contributed by atoms with Crippen LogP contribution in [-0.4, -0.2) is 37.4 Å². The van der Waals surface area contributed by atoms with Gasteiger partial charge in [-0.3, -0.25) is 4.79 Å². The molecule has 0 aliphatic carbocycles. The van der Waals surface area contributed by atoms with E-state index in [1.54, 1.807) is 0 Å². The standard InChI is InChI=1S/C17H15N3O5S/c1-26(22,23)14-9-7-13(8-10-14)18-15(21)11-24-17-20-19-16(25-17)12-5-3-2-4-6-12/h2-10H,11H2,1H3,(H,18,21). The van der Waals surface area contributed by atoms with E-state index in [1.165, 1.54) is 24.3 Å². The molecule has 3 aromatic rings. The quantitative estimate of drug-likeness (QED) is 0.704. The number of aromatic nitrogens is 2. The summed E-state index contributed by atoms with van der Waals surface area (Å²) in [4.78, 5) is 12.1. The van der Waals surface area contributed by atoms with Crippen molar-refractivity contribution in [2.75, 3.05) is 18.2 Å². The van der Waals surface area contributed by atoms with E-state index in [4.69, 9.17) is 9.15 Å². The highest BCUT2D eigenvalue weighted by molar-refractivity contribution is 7.90. The summed E-state index contributed by atoms with van der Waals surface area (Å²) < 4.78 is 33.3. The van der Waals surface area contributed by atoms with Gasteiger partial charge in [-0.25, -0.2) is 8.42 Å². The zero-order valence-electron chi connectivity index (χ0n) is 13.7. The highest BCUT2D eigenvalue weighted by Crippen LogP contribution is 2.20. The highest BCUT2D eigenvalue weighted by Gasteiger charge is 2.12. The lowest BCUT2D eigenvalue weighted by molar-refractivity contribution is -0.118. The lowest BCUT2D eigenvalue weighted by atomic mass is 10.2. The van der Waals surface area contributed by atoms with E-state index < -0.39 is 15.7 Å². The predicted molar refractivity (Wildman–Crippen MR) is 93.4 cm³/mol. The van der Waals surface area contributed by atoms with Crippen molar-refractivity contribution in [3.05, 3.63) is 54.6 Å². The average Bonchev–Trinajstić information content (AvgIpc) is 3.09. The van der Waals surface area contributed by atoms with Gasteiger partial charge in [0.2, 0.25) is 0 Å². The number of nitrogens with one attached hydrogen (secondary N) is 1. The fourth-order valence-corrected chi connectivity index (χ4v) is 2.71. The van der Waals surface area contributed by atoms with Crippen LogP contribution < -0.4 is 10.1 Å². The molecule has 0 fully saturated rings. The monoisotopic (exact) mass is 373 g/mol. The smallest absolute Gasteiger partial charge is 0.415 e.